The number of hydrogen-bond donors (Lipinski definition) is 2. The lowest BCUT2D eigenvalue weighted by atomic mass is 9.90. The zero-order valence-corrected chi connectivity index (χ0v) is 17.9. The number of aryl methyl sites for hydroxylation is 1. The third kappa shape index (κ3) is 3.71. The van der Waals surface area contributed by atoms with Gasteiger partial charge in [0.15, 0.2) is 0 Å². The van der Waals surface area contributed by atoms with E-state index in [2.05, 4.69) is 38.4 Å². The summed E-state index contributed by atoms with van der Waals surface area (Å²) in [6.07, 6.45) is 14.2. The van der Waals surface area contributed by atoms with Crippen LogP contribution in [0.3, 0.4) is 0 Å². The number of anilines is 1. The molecule has 1 saturated carbocycles. The van der Waals surface area contributed by atoms with Crippen molar-refractivity contribution in [2.45, 2.75) is 63.7 Å². The SMILES string of the molecule is CC1Cc2c[nH]c3ncc(-c4cnn(C)c4)c(c23)N1.FC1CCCN(C2CCC2)C1. The Bertz CT molecular complexity index is 1020. The molecule has 5 heterocycles. The quantitative estimate of drug-likeness (QED) is 0.662. The van der Waals surface area contributed by atoms with Crippen molar-refractivity contribution in [2.75, 3.05) is 18.4 Å². The van der Waals surface area contributed by atoms with Gasteiger partial charge in [-0.05, 0) is 51.1 Å². The minimum Gasteiger partial charge on any atom is -0.381 e. The molecule has 3 aliphatic rings. The molecule has 2 N–H and O–H groups in total. The van der Waals surface area contributed by atoms with Crippen molar-refractivity contribution < 1.29 is 4.39 Å². The van der Waals surface area contributed by atoms with Gasteiger partial charge in [0.25, 0.3) is 0 Å². The summed E-state index contributed by atoms with van der Waals surface area (Å²) >= 11 is 0. The van der Waals surface area contributed by atoms with E-state index in [1.54, 1.807) is 0 Å². The number of H-pyrrole nitrogens is 1. The number of pyridine rings is 1. The molecule has 0 radical (unpaired) electrons. The second-order valence-corrected chi connectivity index (χ2v) is 9.06. The first-order valence-corrected chi connectivity index (χ1v) is 11.2. The predicted octanol–water partition coefficient (Wildman–Crippen LogP) is 4.29. The molecule has 6 rings (SSSR count). The second kappa shape index (κ2) is 8.02. The molecule has 1 aliphatic carbocycles. The van der Waals surface area contributed by atoms with E-state index in [4.69, 9.17) is 0 Å². The van der Waals surface area contributed by atoms with E-state index in [9.17, 15) is 4.39 Å². The van der Waals surface area contributed by atoms with Gasteiger partial charge in [-0.1, -0.05) is 6.42 Å². The van der Waals surface area contributed by atoms with Crippen LogP contribution in [0.25, 0.3) is 22.2 Å². The maximum absolute atomic E-state index is 12.9. The molecule has 2 unspecified atom stereocenters. The highest BCUT2D eigenvalue weighted by molar-refractivity contribution is 6.01. The van der Waals surface area contributed by atoms with Crippen LogP contribution in [0.1, 0.15) is 44.6 Å². The Morgan fingerprint density at radius 3 is 2.73 bits per heavy atom. The first kappa shape index (κ1) is 19.5. The molecule has 3 aromatic heterocycles. The maximum atomic E-state index is 12.9. The molecular formula is C23H31FN6. The van der Waals surface area contributed by atoms with Crippen molar-refractivity contribution in [2.24, 2.45) is 7.05 Å². The van der Waals surface area contributed by atoms with Gasteiger partial charge in [-0.3, -0.25) is 9.58 Å². The standard InChI is InChI=1S/C14H15N5.C9H16FN/c1-8-3-9-4-15-14-12(9)13(18-8)11(6-16-14)10-5-17-19(2)7-10;10-8-3-2-6-11(7-8)9-4-1-5-9/h4-8,18H,3H2,1-2H3,(H,15,16);8-9H,1-7H2. The van der Waals surface area contributed by atoms with Crippen LogP contribution in [0.2, 0.25) is 0 Å². The van der Waals surface area contributed by atoms with Crippen molar-refractivity contribution in [3.05, 3.63) is 30.4 Å². The van der Waals surface area contributed by atoms with Crippen molar-refractivity contribution in [1.82, 2.24) is 24.6 Å². The number of aromatic nitrogens is 4. The van der Waals surface area contributed by atoms with Crippen molar-refractivity contribution in [3.8, 4) is 11.1 Å². The lowest BCUT2D eigenvalue weighted by Gasteiger charge is -2.40. The molecule has 1 saturated heterocycles. The van der Waals surface area contributed by atoms with Crippen LogP contribution in [0.5, 0.6) is 0 Å². The van der Waals surface area contributed by atoms with Crippen molar-refractivity contribution >= 4 is 16.7 Å². The topological polar surface area (TPSA) is 61.8 Å². The van der Waals surface area contributed by atoms with Crippen LogP contribution in [0, 0.1) is 0 Å². The zero-order valence-electron chi connectivity index (χ0n) is 17.9. The fourth-order valence-electron chi connectivity index (χ4n) is 4.91. The fraction of sp³-hybridized carbons (Fsp3) is 0.565. The van der Waals surface area contributed by atoms with Crippen LogP contribution >= 0.6 is 0 Å². The van der Waals surface area contributed by atoms with Gasteiger partial charge in [0.1, 0.15) is 11.8 Å². The van der Waals surface area contributed by atoms with Crippen LogP contribution in [0.4, 0.5) is 10.1 Å². The van der Waals surface area contributed by atoms with E-state index < -0.39 is 6.17 Å². The Labute approximate surface area is 176 Å². The predicted molar refractivity (Wildman–Crippen MR) is 118 cm³/mol. The Balaban J connectivity index is 0.000000149. The molecule has 7 heteroatoms. The molecule has 2 atom stereocenters. The van der Waals surface area contributed by atoms with Gasteiger partial charge < -0.3 is 10.3 Å². The Hall–Kier alpha value is -2.41. The molecule has 0 bridgehead atoms. The molecule has 160 valence electrons. The number of nitrogens with one attached hydrogen (secondary N) is 2. The summed E-state index contributed by atoms with van der Waals surface area (Å²) in [4.78, 5) is 10.1. The van der Waals surface area contributed by atoms with Crippen LogP contribution < -0.4 is 5.32 Å². The molecular weight excluding hydrogens is 379 g/mol. The largest absolute Gasteiger partial charge is 0.381 e. The summed E-state index contributed by atoms with van der Waals surface area (Å²) in [5.41, 5.74) is 5.69. The monoisotopic (exact) mass is 410 g/mol. The average Bonchev–Trinajstić information content (AvgIpc) is 3.28. The number of alkyl halides is 1. The third-order valence-electron chi connectivity index (χ3n) is 6.70. The molecule has 2 fully saturated rings. The van der Waals surface area contributed by atoms with E-state index >= 15 is 0 Å². The van der Waals surface area contributed by atoms with Gasteiger partial charge in [-0.25, -0.2) is 9.37 Å². The average molecular weight is 411 g/mol. The number of piperidine rings is 1. The number of hydrogen-bond acceptors (Lipinski definition) is 4. The molecule has 0 spiro atoms. The van der Waals surface area contributed by atoms with E-state index in [0.717, 1.165) is 48.6 Å². The van der Waals surface area contributed by atoms with Crippen LogP contribution in [-0.4, -0.2) is 56.0 Å². The Morgan fingerprint density at radius 2 is 2.03 bits per heavy atom. The van der Waals surface area contributed by atoms with Crippen molar-refractivity contribution in [1.29, 1.82) is 0 Å². The first-order valence-electron chi connectivity index (χ1n) is 11.2. The zero-order chi connectivity index (χ0) is 20.7. The van der Waals surface area contributed by atoms with E-state index in [0.29, 0.717) is 12.6 Å². The number of likely N-dealkylation sites (tertiary alicyclic amines) is 1. The molecule has 2 aliphatic heterocycles. The lowest BCUT2D eigenvalue weighted by Crippen LogP contribution is -2.46. The van der Waals surface area contributed by atoms with E-state index in [1.807, 2.05) is 30.3 Å². The molecule has 0 aromatic carbocycles. The second-order valence-electron chi connectivity index (χ2n) is 9.06. The first-order chi connectivity index (χ1) is 14.6. The summed E-state index contributed by atoms with van der Waals surface area (Å²) in [6.45, 7) is 4.06. The van der Waals surface area contributed by atoms with Gasteiger partial charge in [0, 0.05) is 60.8 Å². The highest BCUT2D eigenvalue weighted by atomic mass is 19.1. The molecule has 3 aromatic rings. The highest BCUT2D eigenvalue weighted by Crippen LogP contribution is 2.38. The van der Waals surface area contributed by atoms with Crippen LogP contribution in [0.15, 0.2) is 24.8 Å². The van der Waals surface area contributed by atoms with Gasteiger partial charge in [-0.2, -0.15) is 5.10 Å². The normalized spacial score (nSPS) is 24.1. The van der Waals surface area contributed by atoms with Crippen LogP contribution in [-0.2, 0) is 13.5 Å². The molecule has 30 heavy (non-hydrogen) atoms. The summed E-state index contributed by atoms with van der Waals surface area (Å²) in [7, 11) is 1.93. The lowest BCUT2D eigenvalue weighted by molar-refractivity contribution is 0.0620. The minimum atomic E-state index is -0.538. The minimum absolute atomic E-state index is 0.435. The number of rotatable bonds is 2. The molecule has 0 amide bonds. The summed E-state index contributed by atoms with van der Waals surface area (Å²) in [5, 5.41) is 9.06. The van der Waals surface area contributed by atoms with E-state index in [-0.39, 0.29) is 0 Å². The summed E-state index contributed by atoms with van der Waals surface area (Å²) in [5.74, 6) is 0. The smallest absolute Gasteiger partial charge is 0.139 e. The van der Waals surface area contributed by atoms with E-state index in [1.165, 1.54) is 35.9 Å². The Morgan fingerprint density at radius 1 is 1.17 bits per heavy atom. The highest BCUT2D eigenvalue weighted by Gasteiger charge is 2.29. The van der Waals surface area contributed by atoms with Gasteiger partial charge >= 0.3 is 0 Å². The third-order valence-corrected chi connectivity index (χ3v) is 6.70. The Kier molecular flexibility index (Phi) is 5.23. The van der Waals surface area contributed by atoms with Gasteiger partial charge in [0.05, 0.1) is 11.9 Å². The van der Waals surface area contributed by atoms with Crippen molar-refractivity contribution in [3.63, 3.8) is 0 Å². The summed E-state index contributed by atoms with van der Waals surface area (Å²) < 4.78 is 14.7. The summed E-state index contributed by atoms with van der Waals surface area (Å²) in [6, 6.07) is 1.18. The number of halogens is 1. The van der Waals surface area contributed by atoms with Gasteiger partial charge in [-0.15, -0.1) is 0 Å². The fourth-order valence-corrected chi connectivity index (χ4v) is 4.91. The van der Waals surface area contributed by atoms with Gasteiger partial charge in [0.2, 0.25) is 0 Å². The maximum Gasteiger partial charge on any atom is 0.139 e. The molecule has 6 nitrogen and oxygen atoms in total. The number of aromatic amines is 1. The number of nitrogens with zero attached hydrogens (tertiary/aromatic N) is 4.